The second-order valence-electron chi connectivity index (χ2n) is 3.27. The van der Waals surface area contributed by atoms with Crippen LogP contribution in [0.4, 0.5) is 0 Å². The van der Waals surface area contributed by atoms with Gasteiger partial charge in [0.05, 0.1) is 26.3 Å². The van der Waals surface area contributed by atoms with Crippen LogP contribution < -0.4 is 5.32 Å². The summed E-state index contributed by atoms with van der Waals surface area (Å²) in [5, 5.41) is 24.0. The van der Waals surface area contributed by atoms with Gasteiger partial charge < -0.3 is 15.2 Å². The zero-order valence-electron chi connectivity index (χ0n) is 9.05. The Morgan fingerprint density at radius 1 is 1.60 bits per heavy atom. The highest BCUT2D eigenvalue weighted by Crippen LogP contribution is 1.91. The lowest BCUT2D eigenvalue weighted by molar-refractivity contribution is 0.0594. The lowest BCUT2D eigenvalue weighted by Crippen LogP contribution is -2.23. The molecule has 1 rings (SSSR count). The highest BCUT2D eigenvalue weighted by Gasteiger charge is 2.03. The molecular formula is C8H17N5O2. The predicted octanol–water partition coefficient (Wildman–Crippen LogP) is -1.30. The first-order chi connectivity index (χ1) is 7.22. The van der Waals surface area contributed by atoms with E-state index < -0.39 is 6.10 Å². The van der Waals surface area contributed by atoms with Crippen molar-refractivity contribution in [3.05, 3.63) is 5.82 Å². The highest BCUT2D eigenvalue weighted by molar-refractivity contribution is 4.74. The minimum Gasteiger partial charge on any atom is -0.391 e. The van der Waals surface area contributed by atoms with Crippen molar-refractivity contribution in [2.75, 3.05) is 20.3 Å². The molecule has 0 aliphatic carbocycles. The van der Waals surface area contributed by atoms with Gasteiger partial charge >= 0.3 is 0 Å². The van der Waals surface area contributed by atoms with Crippen molar-refractivity contribution in [1.29, 1.82) is 0 Å². The van der Waals surface area contributed by atoms with Gasteiger partial charge in [-0.2, -0.15) is 4.80 Å². The van der Waals surface area contributed by atoms with E-state index in [4.69, 9.17) is 4.74 Å². The van der Waals surface area contributed by atoms with Gasteiger partial charge in [0.15, 0.2) is 5.82 Å². The molecule has 1 aromatic heterocycles. The molecule has 1 heterocycles. The van der Waals surface area contributed by atoms with E-state index in [0.717, 1.165) is 0 Å². The molecule has 0 radical (unpaired) electrons. The van der Waals surface area contributed by atoms with Gasteiger partial charge in [0.25, 0.3) is 0 Å². The zero-order valence-corrected chi connectivity index (χ0v) is 9.05. The van der Waals surface area contributed by atoms with Crippen molar-refractivity contribution in [2.24, 2.45) is 7.05 Å². The Hall–Kier alpha value is -1.05. The maximum atomic E-state index is 9.34. The van der Waals surface area contributed by atoms with Crippen LogP contribution in [0.15, 0.2) is 0 Å². The number of aryl methyl sites for hydroxylation is 1. The summed E-state index contributed by atoms with van der Waals surface area (Å²) in [6, 6.07) is 0. The Kier molecular flexibility index (Phi) is 5.16. The van der Waals surface area contributed by atoms with Crippen LogP contribution in [-0.4, -0.2) is 51.7 Å². The van der Waals surface area contributed by atoms with Crippen molar-refractivity contribution in [1.82, 2.24) is 25.5 Å². The number of aliphatic hydroxyl groups excluding tert-OH is 1. The number of ether oxygens (including phenoxy) is 1. The van der Waals surface area contributed by atoms with Gasteiger partial charge in [-0.05, 0) is 18.2 Å². The van der Waals surface area contributed by atoms with Gasteiger partial charge in [-0.15, -0.1) is 10.2 Å². The quantitative estimate of drug-likeness (QED) is 0.550. The number of nitrogens with zero attached hydrogens (tertiary/aromatic N) is 4. The van der Waals surface area contributed by atoms with Crippen LogP contribution in [-0.2, 0) is 18.3 Å². The molecule has 0 amide bonds. The molecule has 0 fully saturated rings. The fourth-order valence-corrected chi connectivity index (χ4v) is 1.14. The number of rotatable bonds is 7. The zero-order chi connectivity index (χ0) is 11.1. The molecule has 1 atom stereocenters. The molecule has 0 saturated heterocycles. The average molecular weight is 215 g/mol. The molecule has 15 heavy (non-hydrogen) atoms. The fraction of sp³-hybridized carbons (Fsp3) is 0.875. The average Bonchev–Trinajstić information content (AvgIpc) is 2.60. The van der Waals surface area contributed by atoms with Crippen LogP contribution in [0.1, 0.15) is 12.2 Å². The number of nitrogens with one attached hydrogen (secondary N) is 1. The number of hydrogen-bond acceptors (Lipinski definition) is 6. The van der Waals surface area contributed by atoms with Crippen LogP contribution in [0.2, 0.25) is 0 Å². The summed E-state index contributed by atoms with van der Waals surface area (Å²) in [7, 11) is 3.29. The van der Waals surface area contributed by atoms with Crippen LogP contribution in [0, 0.1) is 0 Å². The van der Waals surface area contributed by atoms with Crippen LogP contribution in [0.3, 0.4) is 0 Å². The minimum atomic E-state index is -0.419. The van der Waals surface area contributed by atoms with E-state index in [2.05, 4.69) is 20.7 Å². The van der Waals surface area contributed by atoms with E-state index in [0.29, 0.717) is 31.9 Å². The monoisotopic (exact) mass is 215 g/mol. The molecule has 86 valence electrons. The van der Waals surface area contributed by atoms with Gasteiger partial charge in [-0.3, -0.25) is 0 Å². The van der Waals surface area contributed by atoms with Gasteiger partial charge in [0.2, 0.25) is 0 Å². The number of tetrazole rings is 1. The SMILES string of the molecule is COCC(O)CCNCc1nnn(C)n1. The lowest BCUT2D eigenvalue weighted by atomic mass is 10.2. The molecule has 1 unspecified atom stereocenters. The second kappa shape index (κ2) is 6.44. The molecule has 0 bridgehead atoms. The van der Waals surface area contributed by atoms with Gasteiger partial charge in [0, 0.05) is 7.11 Å². The van der Waals surface area contributed by atoms with Crippen molar-refractivity contribution in [3.63, 3.8) is 0 Å². The molecule has 2 N–H and O–H groups in total. The number of aromatic nitrogens is 4. The van der Waals surface area contributed by atoms with E-state index in [1.54, 1.807) is 14.2 Å². The molecule has 1 aromatic rings. The standard InChI is InChI=1S/C8H17N5O2/c1-13-11-8(10-12-13)5-9-4-3-7(14)6-15-2/h7,9,14H,3-6H2,1-2H3. The Balaban J connectivity index is 2.06. The molecule has 7 nitrogen and oxygen atoms in total. The summed E-state index contributed by atoms with van der Waals surface area (Å²) in [5.41, 5.74) is 0. The number of hydrogen-bond donors (Lipinski definition) is 2. The van der Waals surface area contributed by atoms with Gasteiger partial charge in [-0.1, -0.05) is 0 Å². The topological polar surface area (TPSA) is 85.1 Å². The van der Waals surface area contributed by atoms with Crippen molar-refractivity contribution in [2.45, 2.75) is 19.1 Å². The predicted molar refractivity (Wildman–Crippen MR) is 53.0 cm³/mol. The maximum Gasteiger partial charge on any atom is 0.188 e. The fourth-order valence-electron chi connectivity index (χ4n) is 1.14. The summed E-state index contributed by atoms with van der Waals surface area (Å²) < 4.78 is 4.81. The van der Waals surface area contributed by atoms with Crippen LogP contribution >= 0.6 is 0 Å². The van der Waals surface area contributed by atoms with E-state index >= 15 is 0 Å². The first-order valence-corrected chi connectivity index (χ1v) is 4.83. The number of methoxy groups -OCH3 is 1. The molecule has 0 spiro atoms. The Labute approximate surface area is 88.4 Å². The Morgan fingerprint density at radius 3 is 3.00 bits per heavy atom. The summed E-state index contributed by atoms with van der Waals surface area (Å²) in [6.07, 6.45) is 0.228. The normalized spacial score (nSPS) is 13.0. The van der Waals surface area contributed by atoms with Crippen LogP contribution in [0.25, 0.3) is 0 Å². The molecule has 0 aliphatic heterocycles. The van der Waals surface area contributed by atoms with E-state index in [1.807, 2.05) is 0 Å². The van der Waals surface area contributed by atoms with Gasteiger partial charge in [-0.25, -0.2) is 0 Å². The highest BCUT2D eigenvalue weighted by atomic mass is 16.5. The molecule has 0 aromatic carbocycles. The lowest BCUT2D eigenvalue weighted by Gasteiger charge is -2.08. The molecule has 7 heteroatoms. The Morgan fingerprint density at radius 2 is 2.40 bits per heavy atom. The molecule has 0 aliphatic rings. The van der Waals surface area contributed by atoms with Crippen molar-refractivity contribution in [3.8, 4) is 0 Å². The smallest absolute Gasteiger partial charge is 0.188 e. The third-order valence-corrected chi connectivity index (χ3v) is 1.85. The summed E-state index contributed by atoms with van der Waals surface area (Å²) in [4.78, 5) is 1.41. The number of aliphatic hydroxyl groups is 1. The van der Waals surface area contributed by atoms with E-state index in [-0.39, 0.29) is 0 Å². The summed E-state index contributed by atoms with van der Waals surface area (Å²) in [6.45, 7) is 1.63. The summed E-state index contributed by atoms with van der Waals surface area (Å²) >= 11 is 0. The summed E-state index contributed by atoms with van der Waals surface area (Å²) in [5.74, 6) is 0.652. The maximum absolute atomic E-state index is 9.34. The van der Waals surface area contributed by atoms with E-state index in [9.17, 15) is 5.11 Å². The minimum absolute atomic E-state index is 0.366. The molecular weight excluding hydrogens is 198 g/mol. The van der Waals surface area contributed by atoms with Crippen molar-refractivity contribution < 1.29 is 9.84 Å². The van der Waals surface area contributed by atoms with Gasteiger partial charge in [0.1, 0.15) is 0 Å². The third kappa shape index (κ3) is 4.82. The Bertz CT molecular complexity index is 278. The van der Waals surface area contributed by atoms with E-state index in [1.165, 1.54) is 4.80 Å². The van der Waals surface area contributed by atoms with Crippen LogP contribution in [0.5, 0.6) is 0 Å². The largest absolute Gasteiger partial charge is 0.391 e. The first kappa shape index (κ1) is 12.0. The first-order valence-electron chi connectivity index (χ1n) is 4.83. The molecule has 0 saturated carbocycles. The second-order valence-corrected chi connectivity index (χ2v) is 3.27. The van der Waals surface area contributed by atoms with Crippen molar-refractivity contribution >= 4 is 0 Å². The third-order valence-electron chi connectivity index (χ3n) is 1.85.